The molecule has 0 aromatic rings. The van der Waals surface area contributed by atoms with E-state index in [2.05, 4.69) is 61.9 Å². The molecule has 27 heavy (non-hydrogen) atoms. The van der Waals surface area contributed by atoms with Gasteiger partial charge in [0.1, 0.15) is 0 Å². The summed E-state index contributed by atoms with van der Waals surface area (Å²) in [6.07, 6.45) is 6.07. The van der Waals surface area contributed by atoms with Gasteiger partial charge in [-0.25, -0.2) is 0 Å². The number of hydrogen-bond acceptors (Lipinski definition) is 0. The Bertz CT molecular complexity index is 342. The van der Waals surface area contributed by atoms with Gasteiger partial charge in [0.25, 0.3) is 0 Å². The third-order valence-electron chi connectivity index (χ3n) is 9.33. The van der Waals surface area contributed by atoms with Crippen molar-refractivity contribution in [1.29, 1.82) is 0 Å². The highest BCUT2D eigenvalue weighted by molar-refractivity contribution is 6.85. The molecular weight excluding hydrogens is 373 g/mol. The van der Waals surface area contributed by atoms with Crippen LogP contribution >= 0.6 is 0 Å². The summed E-state index contributed by atoms with van der Waals surface area (Å²) in [6.45, 7) is 22.7. The maximum Gasteiger partial charge on any atom is 0.0527 e. The normalized spacial score (nSPS) is 15.3. The average Bonchev–Trinajstić information content (AvgIpc) is 2.69. The fourth-order valence-electron chi connectivity index (χ4n) is 5.20. The minimum absolute atomic E-state index is 0.865. The van der Waals surface area contributed by atoms with Gasteiger partial charge in [0.2, 0.25) is 0 Å². The molecule has 0 spiro atoms. The van der Waals surface area contributed by atoms with Crippen molar-refractivity contribution in [2.24, 2.45) is 0 Å². The Hall–Kier alpha value is 0.651. The molecule has 0 aliphatic heterocycles. The minimum atomic E-state index is -1.06. The molecule has 0 aromatic heterocycles. The molecule has 0 aliphatic rings. The molecule has 0 aliphatic carbocycles. The highest BCUT2D eigenvalue weighted by Crippen LogP contribution is 2.37. The molecular formula is C24H56Si3. The van der Waals surface area contributed by atoms with Gasteiger partial charge in [0, 0.05) is 0 Å². The van der Waals surface area contributed by atoms with Gasteiger partial charge in [0.15, 0.2) is 0 Å². The van der Waals surface area contributed by atoms with Crippen LogP contribution in [-0.2, 0) is 0 Å². The number of unbranched alkanes of at least 4 members (excludes halogenated alkanes) is 3. The summed E-state index contributed by atoms with van der Waals surface area (Å²) in [6, 6.07) is 15.5. The Morgan fingerprint density at radius 1 is 0.481 bits per heavy atom. The molecule has 0 saturated carbocycles. The van der Waals surface area contributed by atoms with Gasteiger partial charge in [0.05, 0.1) is 24.2 Å². The lowest BCUT2D eigenvalue weighted by atomic mass is 10.2. The lowest BCUT2D eigenvalue weighted by Gasteiger charge is -2.37. The minimum Gasteiger partial charge on any atom is -0.0690 e. The Kier molecular flexibility index (Phi) is 14.1. The first-order valence-electron chi connectivity index (χ1n) is 12.7. The van der Waals surface area contributed by atoms with Crippen LogP contribution in [0.5, 0.6) is 0 Å². The van der Waals surface area contributed by atoms with Crippen molar-refractivity contribution >= 4 is 24.2 Å². The van der Waals surface area contributed by atoms with E-state index < -0.39 is 24.2 Å². The topological polar surface area (TPSA) is 0 Å². The molecule has 0 N–H and O–H groups in total. The molecule has 1 unspecified atom stereocenters. The van der Waals surface area contributed by atoms with E-state index in [4.69, 9.17) is 0 Å². The summed E-state index contributed by atoms with van der Waals surface area (Å²) in [4.78, 5) is 0. The van der Waals surface area contributed by atoms with E-state index in [0.29, 0.717) is 0 Å². The first kappa shape index (κ1) is 27.7. The van der Waals surface area contributed by atoms with Gasteiger partial charge in [-0.2, -0.15) is 0 Å². The van der Waals surface area contributed by atoms with Crippen LogP contribution in [0.4, 0.5) is 0 Å². The molecule has 0 amide bonds. The zero-order valence-corrected chi connectivity index (χ0v) is 24.0. The Balaban J connectivity index is 4.43. The third-order valence-corrected chi connectivity index (χ3v) is 27.2. The summed E-state index contributed by atoms with van der Waals surface area (Å²) in [5.74, 6) is 0. The van der Waals surface area contributed by atoms with E-state index in [1.54, 1.807) is 24.2 Å². The first-order chi connectivity index (χ1) is 12.7. The van der Waals surface area contributed by atoms with Crippen molar-refractivity contribution < 1.29 is 0 Å². The summed E-state index contributed by atoms with van der Waals surface area (Å²) in [5, 5.41) is 0. The lowest BCUT2D eigenvalue weighted by Crippen LogP contribution is -2.39. The smallest absolute Gasteiger partial charge is 0.0527 e. The summed E-state index contributed by atoms with van der Waals surface area (Å²) >= 11 is 0. The molecule has 0 aromatic carbocycles. The molecule has 0 saturated heterocycles. The quantitative estimate of drug-likeness (QED) is 0.159. The second kappa shape index (κ2) is 13.8. The van der Waals surface area contributed by atoms with Crippen LogP contribution in [-0.4, -0.2) is 24.2 Å². The Morgan fingerprint density at radius 3 is 1.22 bits per heavy atom. The molecule has 0 radical (unpaired) electrons. The van der Waals surface area contributed by atoms with E-state index in [1.165, 1.54) is 61.9 Å². The molecule has 0 fully saturated rings. The molecule has 1 atom stereocenters. The largest absolute Gasteiger partial charge is 0.0690 e. The SMILES string of the molecule is CC[Si](CC)(CC)CCCCCC[Si](C)(CC[Si](CC)(CC)CC)C(C)C. The molecule has 0 bridgehead atoms. The van der Waals surface area contributed by atoms with E-state index in [9.17, 15) is 0 Å². The van der Waals surface area contributed by atoms with Crippen molar-refractivity contribution in [3.8, 4) is 0 Å². The fourth-order valence-corrected chi connectivity index (χ4v) is 18.2. The maximum atomic E-state index is 2.75. The molecule has 0 rings (SSSR count). The second-order valence-corrected chi connectivity index (χ2v) is 27.0. The van der Waals surface area contributed by atoms with Gasteiger partial charge < -0.3 is 0 Å². The second-order valence-electron chi connectivity index (χ2n) is 10.3. The van der Waals surface area contributed by atoms with Crippen LogP contribution in [0.1, 0.15) is 81.1 Å². The Morgan fingerprint density at radius 2 is 0.852 bits per heavy atom. The highest BCUT2D eigenvalue weighted by atomic mass is 28.3. The van der Waals surface area contributed by atoms with Crippen LogP contribution in [0.3, 0.4) is 0 Å². The van der Waals surface area contributed by atoms with E-state index in [0.717, 1.165) is 5.54 Å². The third kappa shape index (κ3) is 8.90. The highest BCUT2D eigenvalue weighted by Gasteiger charge is 2.35. The van der Waals surface area contributed by atoms with Crippen molar-refractivity contribution in [2.45, 2.75) is 154 Å². The zero-order valence-electron chi connectivity index (χ0n) is 21.0. The van der Waals surface area contributed by atoms with Crippen LogP contribution < -0.4 is 0 Å². The van der Waals surface area contributed by atoms with Crippen LogP contribution in [0.25, 0.3) is 0 Å². The van der Waals surface area contributed by atoms with Gasteiger partial charge in [-0.15, -0.1) is 0 Å². The molecule has 164 valence electrons. The van der Waals surface area contributed by atoms with E-state index >= 15 is 0 Å². The predicted octanol–water partition coefficient (Wildman–Crippen LogP) is 10.1. The van der Waals surface area contributed by atoms with Crippen molar-refractivity contribution in [3.63, 3.8) is 0 Å². The van der Waals surface area contributed by atoms with Gasteiger partial charge in [-0.1, -0.05) is 154 Å². The molecule has 0 nitrogen and oxygen atoms in total. The van der Waals surface area contributed by atoms with Gasteiger partial charge in [-0.05, 0) is 0 Å². The first-order valence-corrected chi connectivity index (χ1v) is 21.4. The van der Waals surface area contributed by atoms with Crippen molar-refractivity contribution in [2.75, 3.05) is 0 Å². The van der Waals surface area contributed by atoms with E-state index in [-0.39, 0.29) is 0 Å². The molecule has 3 heteroatoms. The lowest BCUT2D eigenvalue weighted by molar-refractivity contribution is 0.684. The van der Waals surface area contributed by atoms with Gasteiger partial charge in [-0.3, -0.25) is 0 Å². The number of rotatable bonds is 17. The summed E-state index contributed by atoms with van der Waals surface area (Å²) in [5.41, 5.74) is 0.968. The standard InChI is InChI=1S/C24H56Si3/c1-10-26(11-2,12-3)21-19-17-16-18-20-25(9,24(7)8)22-23-27(13-4,14-5)15-6/h24H,10-23H2,1-9H3. The van der Waals surface area contributed by atoms with Crippen molar-refractivity contribution in [1.82, 2.24) is 0 Å². The number of hydrogen-bond donors (Lipinski definition) is 0. The van der Waals surface area contributed by atoms with E-state index in [1.807, 2.05) is 0 Å². The zero-order chi connectivity index (χ0) is 21.0. The Labute approximate surface area is 177 Å². The maximum absolute atomic E-state index is 2.75. The predicted molar refractivity (Wildman–Crippen MR) is 139 cm³/mol. The molecule has 0 heterocycles. The van der Waals surface area contributed by atoms with Gasteiger partial charge >= 0.3 is 0 Å². The van der Waals surface area contributed by atoms with Crippen molar-refractivity contribution in [3.05, 3.63) is 0 Å². The van der Waals surface area contributed by atoms with Crippen LogP contribution in [0.2, 0.25) is 72.5 Å². The van der Waals surface area contributed by atoms with Crippen LogP contribution in [0.15, 0.2) is 0 Å². The summed E-state index contributed by atoms with van der Waals surface area (Å²) < 4.78 is 0. The summed E-state index contributed by atoms with van der Waals surface area (Å²) in [7, 11) is -2.85. The average molecular weight is 429 g/mol. The monoisotopic (exact) mass is 428 g/mol. The van der Waals surface area contributed by atoms with Crippen LogP contribution in [0, 0.1) is 0 Å². The fraction of sp³-hybridized carbons (Fsp3) is 1.00.